The molecule has 1 aromatic heterocycles. The maximum atomic E-state index is 11.8. The van der Waals surface area contributed by atoms with Crippen molar-refractivity contribution in [3.05, 3.63) is 47.2 Å². The fraction of sp³-hybridized carbons (Fsp3) is 0.368. The molecule has 1 saturated heterocycles. The van der Waals surface area contributed by atoms with E-state index in [2.05, 4.69) is 15.5 Å². The van der Waals surface area contributed by atoms with Crippen LogP contribution in [0.1, 0.15) is 21.6 Å². The van der Waals surface area contributed by atoms with E-state index >= 15 is 0 Å². The van der Waals surface area contributed by atoms with Gasteiger partial charge < -0.3 is 15.0 Å². The maximum absolute atomic E-state index is 11.8. The Morgan fingerprint density at radius 3 is 2.52 bits per heavy atom. The maximum Gasteiger partial charge on any atom is 0.250 e. The summed E-state index contributed by atoms with van der Waals surface area (Å²) in [7, 11) is 0. The lowest BCUT2D eigenvalue weighted by atomic mass is 10.1. The first-order valence-corrected chi connectivity index (χ1v) is 8.40. The molecule has 130 valence electrons. The number of primary amides is 1. The number of ether oxygens (including phenoxy) is 1. The topological polar surface area (TPSA) is 84.3 Å². The summed E-state index contributed by atoms with van der Waals surface area (Å²) in [6.07, 6.45) is 0. The van der Waals surface area contributed by atoms with Crippen LogP contribution in [0.2, 0.25) is 0 Å². The van der Waals surface area contributed by atoms with Gasteiger partial charge in [-0.15, -0.1) is 0 Å². The van der Waals surface area contributed by atoms with Gasteiger partial charge in [-0.1, -0.05) is 12.1 Å². The molecule has 1 aliphatic heterocycles. The predicted molar refractivity (Wildman–Crippen MR) is 95.1 cm³/mol. The number of carbonyl (C=O) groups is 1. The smallest absolute Gasteiger partial charge is 0.250 e. The van der Waals surface area contributed by atoms with Crippen molar-refractivity contribution in [2.24, 2.45) is 5.73 Å². The number of rotatable bonds is 5. The van der Waals surface area contributed by atoms with Crippen LogP contribution in [0.3, 0.4) is 0 Å². The van der Waals surface area contributed by atoms with Crippen LogP contribution in [0.15, 0.2) is 30.3 Å². The SMILES string of the molecule is Cc1c(C(N)=O)cc(-c2ccc(C#N)cc2)n1CCN1CCOCC1. The van der Waals surface area contributed by atoms with Crippen LogP contribution < -0.4 is 5.73 Å². The number of aromatic nitrogens is 1. The van der Waals surface area contributed by atoms with E-state index in [0.717, 1.165) is 56.3 Å². The van der Waals surface area contributed by atoms with Gasteiger partial charge >= 0.3 is 0 Å². The Balaban J connectivity index is 1.91. The van der Waals surface area contributed by atoms with Gasteiger partial charge in [0.05, 0.1) is 30.4 Å². The van der Waals surface area contributed by atoms with E-state index in [9.17, 15) is 4.79 Å². The molecule has 0 unspecified atom stereocenters. The number of carbonyl (C=O) groups excluding carboxylic acids is 1. The third-order valence-electron chi connectivity index (χ3n) is 4.69. The molecule has 0 aliphatic carbocycles. The van der Waals surface area contributed by atoms with E-state index < -0.39 is 5.91 Å². The summed E-state index contributed by atoms with van der Waals surface area (Å²) in [5, 5.41) is 8.97. The third-order valence-corrected chi connectivity index (χ3v) is 4.69. The van der Waals surface area contributed by atoms with Crippen molar-refractivity contribution in [1.82, 2.24) is 9.47 Å². The number of nitrogens with two attached hydrogens (primary N) is 1. The molecule has 6 heteroatoms. The molecule has 0 spiro atoms. The van der Waals surface area contributed by atoms with Gasteiger partial charge in [0.2, 0.25) is 0 Å². The first-order chi connectivity index (χ1) is 12.1. The molecule has 3 rings (SSSR count). The lowest BCUT2D eigenvalue weighted by Crippen LogP contribution is -2.38. The molecule has 0 bridgehead atoms. The molecule has 2 heterocycles. The summed E-state index contributed by atoms with van der Waals surface area (Å²) in [6.45, 7) is 6.96. The number of hydrogen-bond acceptors (Lipinski definition) is 4. The number of benzene rings is 1. The molecule has 2 aromatic rings. The van der Waals surface area contributed by atoms with Crippen molar-refractivity contribution in [2.75, 3.05) is 32.8 Å². The Kier molecular flexibility index (Phi) is 5.17. The van der Waals surface area contributed by atoms with Crippen molar-refractivity contribution in [3.63, 3.8) is 0 Å². The lowest BCUT2D eigenvalue weighted by Gasteiger charge is -2.27. The Bertz CT molecular complexity index is 796. The molecule has 6 nitrogen and oxygen atoms in total. The molecule has 1 aliphatic rings. The highest BCUT2D eigenvalue weighted by Crippen LogP contribution is 2.26. The lowest BCUT2D eigenvalue weighted by molar-refractivity contribution is 0.0364. The number of nitriles is 1. The van der Waals surface area contributed by atoms with Crippen LogP contribution in [0, 0.1) is 18.3 Å². The van der Waals surface area contributed by atoms with Crippen LogP contribution in [0.4, 0.5) is 0 Å². The minimum atomic E-state index is -0.419. The number of amides is 1. The van der Waals surface area contributed by atoms with Crippen molar-refractivity contribution < 1.29 is 9.53 Å². The minimum absolute atomic E-state index is 0.419. The highest BCUT2D eigenvalue weighted by molar-refractivity contribution is 5.95. The fourth-order valence-electron chi connectivity index (χ4n) is 3.20. The third kappa shape index (κ3) is 3.73. The molecule has 25 heavy (non-hydrogen) atoms. The predicted octanol–water partition coefficient (Wildman–Crippen LogP) is 1.77. The molecule has 0 saturated carbocycles. The number of morpholine rings is 1. The molecule has 2 N–H and O–H groups in total. The van der Waals surface area contributed by atoms with Gasteiger partial charge in [0.15, 0.2) is 0 Å². The van der Waals surface area contributed by atoms with E-state index in [0.29, 0.717) is 11.1 Å². The van der Waals surface area contributed by atoms with E-state index in [-0.39, 0.29) is 0 Å². The van der Waals surface area contributed by atoms with E-state index in [1.807, 2.05) is 25.1 Å². The van der Waals surface area contributed by atoms with E-state index in [1.165, 1.54) is 0 Å². The fourth-order valence-corrected chi connectivity index (χ4v) is 3.20. The molecule has 1 amide bonds. The Morgan fingerprint density at radius 2 is 1.92 bits per heavy atom. The van der Waals surface area contributed by atoms with Gasteiger partial charge in [0.25, 0.3) is 5.91 Å². The standard InChI is InChI=1S/C19H22N4O2/c1-14-17(19(21)24)12-18(16-4-2-15(13-20)3-5-16)23(14)7-6-22-8-10-25-11-9-22/h2-5,12H,6-11H2,1H3,(H2,21,24). The molecule has 0 atom stereocenters. The van der Waals surface area contributed by atoms with Crippen molar-refractivity contribution in [3.8, 4) is 17.3 Å². The first-order valence-electron chi connectivity index (χ1n) is 8.40. The molecular formula is C19H22N4O2. The molecular weight excluding hydrogens is 316 g/mol. The van der Waals surface area contributed by atoms with Crippen LogP contribution >= 0.6 is 0 Å². The average Bonchev–Trinajstić information content (AvgIpc) is 2.97. The molecule has 0 radical (unpaired) electrons. The monoisotopic (exact) mass is 338 g/mol. The summed E-state index contributed by atoms with van der Waals surface area (Å²) in [5.74, 6) is -0.419. The second kappa shape index (κ2) is 7.51. The van der Waals surface area contributed by atoms with Crippen LogP contribution in [0.25, 0.3) is 11.3 Å². The Morgan fingerprint density at radius 1 is 1.24 bits per heavy atom. The molecule has 1 fully saturated rings. The zero-order chi connectivity index (χ0) is 17.8. The van der Waals surface area contributed by atoms with Gasteiger partial charge in [-0.2, -0.15) is 5.26 Å². The largest absolute Gasteiger partial charge is 0.379 e. The van der Waals surface area contributed by atoms with Crippen molar-refractivity contribution in [2.45, 2.75) is 13.5 Å². The molecule has 1 aromatic carbocycles. The van der Waals surface area contributed by atoms with Gasteiger partial charge in [-0.25, -0.2) is 0 Å². The highest BCUT2D eigenvalue weighted by atomic mass is 16.5. The first kappa shape index (κ1) is 17.2. The van der Waals surface area contributed by atoms with Crippen LogP contribution in [-0.4, -0.2) is 48.2 Å². The van der Waals surface area contributed by atoms with Crippen molar-refractivity contribution in [1.29, 1.82) is 5.26 Å². The normalized spacial score (nSPS) is 15.0. The number of hydrogen-bond donors (Lipinski definition) is 1. The van der Waals surface area contributed by atoms with Gasteiger partial charge in [-0.3, -0.25) is 9.69 Å². The van der Waals surface area contributed by atoms with E-state index in [4.69, 9.17) is 15.7 Å². The minimum Gasteiger partial charge on any atom is -0.379 e. The van der Waals surface area contributed by atoms with Crippen LogP contribution in [-0.2, 0) is 11.3 Å². The second-order valence-corrected chi connectivity index (χ2v) is 6.19. The number of nitrogens with zero attached hydrogens (tertiary/aromatic N) is 3. The summed E-state index contributed by atoms with van der Waals surface area (Å²) in [4.78, 5) is 14.1. The van der Waals surface area contributed by atoms with Gasteiger partial charge in [-0.05, 0) is 30.7 Å². The average molecular weight is 338 g/mol. The van der Waals surface area contributed by atoms with Gasteiger partial charge in [0.1, 0.15) is 0 Å². The zero-order valence-corrected chi connectivity index (χ0v) is 14.4. The van der Waals surface area contributed by atoms with Crippen molar-refractivity contribution >= 4 is 5.91 Å². The Labute approximate surface area is 147 Å². The summed E-state index contributed by atoms with van der Waals surface area (Å²) < 4.78 is 7.53. The summed E-state index contributed by atoms with van der Waals surface area (Å²) >= 11 is 0. The highest BCUT2D eigenvalue weighted by Gasteiger charge is 2.18. The zero-order valence-electron chi connectivity index (χ0n) is 14.4. The van der Waals surface area contributed by atoms with E-state index in [1.54, 1.807) is 12.1 Å². The summed E-state index contributed by atoms with van der Waals surface area (Å²) in [5.41, 5.74) is 9.49. The quantitative estimate of drug-likeness (QED) is 0.900. The van der Waals surface area contributed by atoms with Gasteiger partial charge in [0, 0.05) is 37.6 Å². The van der Waals surface area contributed by atoms with Crippen LogP contribution in [0.5, 0.6) is 0 Å². The Hall–Kier alpha value is -2.62. The second-order valence-electron chi connectivity index (χ2n) is 6.19. The summed E-state index contributed by atoms with van der Waals surface area (Å²) in [6, 6.07) is 11.4.